The van der Waals surface area contributed by atoms with Crippen molar-refractivity contribution in [3.8, 4) is 0 Å². The van der Waals surface area contributed by atoms with Crippen LogP contribution in [0.3, 0.4) is 0 Å². The minimum Gasteiger partial charge on any atom is -0.475 e. The molecular formula is C16H16F3N3O3. The number of nitrogens with zero attached hydrogens (tertiary/aromatic N) is 2. The molecule has 0 aliphatic carbocycles. The number of benzene rings is 1. The summed E-state index contributed by atoms with van der Waals surface area (Å²) in [6.07, 6.45) is -4.19. The van der Waals surface area contributed by atoms with Gasteiger partial charge in [0, 0.05) is 25.7 Å². The van der Waals surface area contributed by atoms with Crippen LogP contribution in [0.4, 0.5) is 19.2 Å². The Bertz CT molecular complexity index is 746. The number of nitrogens with one attached hydrogen (secondary N) is 1. The Hall–Kier alpha value is -2.55. The molecule has 0 radical (unpaired) electrons. The largest absolute Gasteiger partial charge is 0.475 e. The minimum atomic E-state index is -4.88. The average Bonchev–Trinajstić information content (AvgIpc) is 3.15. The van der Waals surface area contributed by atoms with Crippen LogP contribution in [0.5, 0.6) is 0 Å². The quantitative estimate of drug-likeness (QED) is 0.858. The third-order valence-corrected chi connectivity index (χ3v) is 3.94. The molecule has 1 aromatic heterocycles. The summed E-state index contributed by atoms with van der Waals surface area (Å²) in [4.78, 5) is 16.3. The number of halogens is 3. The first kappa shape index (κ1) is 17.3. The normalized spacial score (nSPS) is 18.4. The number of hydrogen-bond donors (Lipinski definition) is 2. The smallest absolute Gasteiger partial charge is 0.437 e. The highest BCUT2D eigenvalue weighted by Crippen LogP contribution is 2.33. The molecule has 6 nitrogen and oxygen atoms in total. The zero-order chi connectivity index (χ0) is 18.0. The maximum atomic E-state index is 12.8. The van der Waals surface area contributed by atoms with E-state index in [-0.39, 0.29) is 6.04 Å². The van der Waals surface area contributed by atoms with E-state index in [1.54, 1.807) is 0 Å². The van der Waals surface area contributed by atoms with Gasteiger partial charge >= 0.3 is 12.1 Å². The number of anilines is 1. The molecule has 1 aromatic carbocycles. The van der Waals surface area contributed by atoms with Crippen molar-refractivity contribution >= 4 is 12.0 Å². The molecule has 1 unspecified atom stereocenters. The predicted octanol–water partition coefficient (Wildman–Crippen LogP) is 3.08. The van der Waals surface area contributed by atoms with Crippen molar-refractivity contribution in [3.05, 3.63) is 47.3 Å². The summed E-state index contributed by atoms with van der Waals surface area (Å²) in [5.41, 5.74) is -0.381. The van der Waals surface area contributed by atoms with Gasteiger partial charge in [-0.25, -0.2) is 4.79 Å². The maximum Gasteiger partial charge on any atom is 0.437 e. The van der Waals surface area contributed by atoms with Gasteiger partial charge in [-0.3, -0.25) is 4.90 Å². The van der Waals surface area contributed by atoms with Crippen molar-refractivity contribution in [2.24, 2.45) is 0 Å². The first-order chi connectivity index (χ1) is 11.8. The van der Waals surface area contributed by atoms with E-state index < -0.39 is 29.6 Å². The summed E-state index contributed by atoms with van der Waals surface area (Å²) >= 11 is 0. The van der Waals surface area contributed by atoms with Crippen molar-refractivity contribution in [1.29, 1.82) is 0 Å². The molecule has 2 aromatic rings. The van der Waals surface area contributed by atoms with Crippen LogP contribution >= 0.6 is 0 Å². The summed E-state index contributed by atoms with van der Waals surface area (Å²) in [6.45, 7) is 2.10. The number of aromatic carboxylic acids is 1. The minimum absolute atomic E-state index is 0.162. The van der Waals surface area contributed by atoms with Crippen LogP contribution in [0.25, 0.3) is 0 Å². The van der Waals surface area contributed by atoms with Gasteiger partial charge < -0.3 is 14.8 Å². The number of carboxylic acid groups (broad SMARTS) is 1. The number of aromatic nitrogens is 1. The van der Waals surface area contributed by atoms with Gasteiger partial charge in [0.2, 0.25) is 5.76 Å². The molecule has 0 bridgehead atoms. The SMILES string of the molecule is O=C(O)c1oc(NC2CCN(Cc3ccccc3)C2)nc1C(F)(F)F. The number of alkyl halides is 3. The van der Waals surface area contributed by atoms with Crippen LogP contribution in [0.2, 0.25) is 0 Å². The molecule has 0 amide bonds. The van der Waals surface area contributed by atoms with E-state index in [0.717, 1.165) is 18.7 Å². The molecule has 0 saturated carbocycles. The summed E-state index contributed by atoms with van der Waals surface area (Å²) in [7, 11) is 0. The van der Waals surface area contributed by atoms with Crippen molar-refractivity contribution < 1.29 is 27.5 Å². The number of carbonyl (C=O) groups is 1. The van der Waals surface area contributed by atoms with Crippen molar-refractivity contribution in [2.45, 2.75) is 25.2 Å². The van der Waals surface area contributed by atoms with E-state index in [4.69, 9.17) is 9.52 Å². The van der Waals surface area contributed by atoms with Gasteiger partial charge in [0.05, 0.1) is 0 Å². The van der Waals surface area contributed by atoms with E-state index in [1.807, 2.05) is 30.3 Å². The highest BCUT2D eigenvalue weighted by atomic mass is 19.4. The van der Waals surface area contributed by atoms with Crippen LogP contribution in [-0.4, -0.2) is 40.1 Å². The second kappa shape index (κ2) is 6.75. The van der Waals surface area contributed by atoms with Gasteiger partial charge in [-0.2, -0.15) is 18.2 Å². The molecule has 1 fully saturated rings. The molecule has 2 N–H and O–H groups in total. The molecule has 3 rings (SSSR count). The monoisotopic (exact) mass is 355 g/mol. The van der Waals surface area contributed by atoms with Gasteiger partial charge in [-0.15, -0.1) is 0 Å². The van der Waals surface area contributed by atoms with Crippen molar-refractivity contribution in [2.75, 3.05) is 18.4 Å². The fourth-order valence-electron chi connectivity index (χ4n) is 2.83. The maximum absolute atomic E-state index is 12.8. The summed E-state index contributed by atoms with van der Waals surface area (Å²) in [5.74, 6) is -3.00. The molecule has 0 spiro atoms. The molecule has 2 heterocycles. The molecule has 1 aliphatic heterocycles. The lowest BCUT2D eigenvalue weighted by Crippen LogP contribution is -2.26. The van der Waals surface area contributed by atoms with E-state index in [2.05, 4.69) is 15.2 Å². The lowest BCUT2D eigenvalue weighted by atomic mass is 10.2. The number of hydrogen-bond acceptors (Lipinski definition) is 5. The van der Waals surface area contributed by atoms with Crippen LogP contribution in [0, 0.1) is 0 Å². The number of rotatable bonds is 5. The van der Waals surface area contributed by atoms with Crippen LogP contribution in [0.1, 0.15) is 28.2 Å². The highest BCUT2D eigenvalue weighted by molar-refractivity contribution is 5.86. The lowest BCUT2D eigenvalue weighted by Gasteiger charge is -2.16. The summed E-state index contributed by atoms with van der Waals surface area (Å²) in [5, 5.41) is 11.6. The van der Waals surface area contributed by atoms with Crippen molar-refractivity contribution in [1.82, 2.24) is 9.88 Å². The number of likely N-dealkylation sites (tertiary alicyclic amines) is 1. The summed E-state index contributed by atoms with van der Waals surface area (Å²) in [6, 6.07) is 9.24. The zero-order valence-corrected chi connectivity index (χ0v) is 13.1. The number of carboxylic acids is 1. The molecule has 1 saturated heterocycles. The Balaban J connectivity index is 1.64. The highest BCUT2D eigenvalue weighted by Gasteiger charge is 2.41. The Morgan fingerprint density at radius 2 is 2.08 bits per heavy atom. The van der Waals surface area contributed by atoms with Gasteiger partial charge in [0.1, 0.15) is 0 Å². The van der Waals surface area contributed by atoms with E-state index in [0.29, 0.717) is 13.0 Å². The molecule has 1 atom stereocenters. The van der Waals surface area contributed by atoms with Gasteiger partial charge in [-0.1, -0.05) is 30.3 Å². The molecule has 9 heteroatoms. The second-order valence-corrected chi connectivity index (χ2v) is 5.85. The van der Waals surface area contributed by atoms with Crippen LogP contribution < -0.4 is 5.32 Å². The first-order valence-electron chi connectivity index (χ1n) is 7.67. The van der Waals surface area contributed by atoms with Crippen LogP contribution in [0.15, 0.2) is 34.7 Å². The fraction of sp³-hybridized carbons (Fsp3) is 0.375. The molecule has 25 heavy (non-hydrogen) atoms. The van der Waals surface area contributed by atoms with Crippen molar-refractivity contribution in [3.63, 3.8) is 0 Å². The van der Waals surface area contributed by atoms with E-state index in [1.165, 1.54) is 0 Å². The van der Waals surface area contributed by atoms with Gasteiger partial charge in [-0.05, 0) is 12.0 Å². The van der Waals surface area contributed by atoms with E-state index in [9.17, 15) is 18.0 Å². The third-order valence-electron chi connectivity index (χ3n) is 3.94. The topological polar surface area (TPSA) is 78.6 Å². The van der Waals surface area contributed by atoms with Gasteiger partial charge in [0.15, 0.2) is 5.69 Å². The van der Waals surface area contributed by atoms with Crippen LogP contribution in [-0.2, 0) is 12.7 Å². The lowest BCUT2D eigenvalue weighted by molar-refractivity contribution is -0.141. The third kappa shape index (κ3) is 4.11. The Kier molecular flexibility index (Phi) is 4.67. The number of oxazole rings is 1. The van der Waals surface area contributed by atoms with Gasteiger partial charge in [0.25, 0.3) is 6.01 Å². The van der Waals surface area contributed by atoms with E-state index >= 15 is 0 Å². The Labute approximate surface area is 141 Å². The Morgan fingerprint density at radius 3 is 2.68 bits per heavy atom. The fourth-order valence-corrected chi connectivity index (χ4v) is 2.83. The predicted molar refractivity (Wildman–Crippen MR) is 82.2 cm³/mol. The first-order valence-corrected chi connectivity index (χ1v) is 7.67. The molecule has 1 aliphatic rings. The summed E-state index contributed by atoms with van der Waals surface area (Å²) < 4.78 is 43.2. The molecule has 134 valence electrons. The standard InChI is InChI=1S/C16H16F3N3O3/c17-16(18,19)13-12(14(23)24)25-15(21-13)20-11-6-7-22(9-11)8-10-4-2-1-3-5-10/h1-5,11H,6-9H2,(H,20,21)(H,23,24). The second-order valence-electron chi connectivity index (χ2n) is 5.85. The zero-order valence-electron chi connectivity index (χ0n) is 13.1. The molecular weight excluding hydrogens is 339 g/mol. The Morgan fingerprint density at radius 1 is 1.36 bits per heavy atom. The average molecular weight is 355 g/mol.